The molecule has 0 amide bonds. The third kappa shape index (κ3) is 2.18. The van der Waals surface area contributed by atoms with Crippen molar-refractivity contribution >= 4 is 28.8 Å². The molecule has 0 aliphatic carbocycles. The summed E-state index contributed by atoms with van der Waals surface area (Å²) in [6.45, 7) is 0. The van der Waals surface area contributed by atoms with Crippen LogP contribution in [0.2, 0.25) is 0 Å². The van der Waals surface area contributed by atoms with Crippen molar-refractivity contribution in [3.63, 3.8) is 0 Å². The summed E-state index contributed by atoms with van der Waals surface area (Å²) in [5.41, 5.74) is -0.0712. The molecule has 3 rings (SSSR count). The number of fused-ring (bicyclic) bond motifs is 1. The van der Waals surface area contributed by atoms with Crippen molar-refractivity contribution in [2.75, 3.05) is 5.32 Å². The molecule has 9 heteroatoms. The molecule has 124 valence electrons. The molecule has 24 heavy (non-hydrogen) atoms. The van der Waals surface area contributed by atoms with Gasteiger partial charge in [0.1, 0.15) is 0 Å². The van der Waals surface area contributed by atoms with Crippen molar-refractivity contribution in [2.45, 2.75) is 0 Å². The van der Waals surface area contributed by atoms with E-state index in [1.165, 1.54) is 29.3 Å². The van der Waals surface area contributed by atoms with Crippen LogP contribution < -0.4 is 16.6 Å². The maximum atomic E-state index is 12.3. The number of hydrogen-bond donors (Lipinski definition) is 2. The van der Waals surface area contributed by atoms with E-state index in [0.29, 0.717) is 5.69 Å². The van der Waals surface area contributed by atoms with Crippen LogP contribution in [0.5, 0.6) is 0 Å². The number of carboxylic acid groups (broad SMARTS) is 1. The number of rotatable bonds is 3. The lowest BCUT2D eigenvalue weighted by Crippen LogP contribution is -2.37. The first-order valence-electron chi connectivity index (χ1n) is 7.04. The minimum absolute atomic E-state index is 0.0753. The molecule has 0 spiro atoms. The molecule has 0 aliphatic rings. The van der Waals surface area contributed by atoms with Gasteiger partial charge in [0.05, 0.1) is 11.3 Å². The van der Waals surface area contributed by atoms with E-state index < -0.39 is 17.2 Å². The number of carboxylic acids is 1. The second-order valence-corrected chi connectivity index (χ2v) is 5.35. The minimum atomic E-state index is -1.08. The number of benzene rings is 1. The molecule has 0 saturated heterocycles. The molecule has 2 aromatic heterocycles. The number of carbonyl (C=O) groups is 1. The van der Waals surface area contributed by atoms with E-state index in [1.54, 1.807) is 25.2 Å². The van der Waals surface area contributed by atoms with Crippen LogP contribution in [0, 0.1) is 0 Å². The molecule has 0 bridgehead atoms. The Kier molecular flexibility index (Phi) is 3.48. The molecule has 2 N–H and O–H groups in total. The molecule has 0 saturated carbocycles. The van der Waals surface area contributed by atoms with Crippen molar-refractivity contribution < 1.29 is 9.90 Å². The van der Waals surface area contributed by atoms with Gasteiger partial charge in [-0.25, -0.2) is 9.59 Å². The van der Waals surface area contributed by atoms with Gasteiger partial charge in [-0.15, -0.1) is 0 Å². The van der Waals surface area contributed by atoms with Gasteiger partial charge in [-0.2, -0.15) is 4.98 Å². The molecule has 1 aromatic carbocycles. The molecule has 0 fully saturated rings. The van der Waals surface area contributed by atoms with Crippen LogP contribution in [0.25, 0.3) is 11.2 Å². The molecule has 0 unspecified atom stereocenters. The van der Waals surface area contributed by atoms with Gasteiger partial charge in [0, 0.05) is 21.1 Å². The predicted octanol–water partition coefficient (Wildman–Crippen LogP) is 0.412. The molecule has 3 aromatic rings. The van der Waals surface area contributed by atoms with Crippen LogP contribution in [-0.4, -0.2) is 29.8 Å². The first-order valence-corrected chi connectivity index (χ1v) is 7.04. The highest BCUT2D eigenvalue weighted by molar-refractivity contribution is 5.95. The van der Waals surface area contributed by atoms with Crippen molar-refractivity contribution in [2.24, 2.45) is 21.1 Å². The Hall–Kier alpha value is -3.36. The third-order valence-electron chi connectivity index (χ3n) is 3.88. The number of para-hydroxylation sites is 1. The summed E-state index contributed by atoms with van der Waals surface area (Å²) in [6.07, 6.45) is 0. The van der Waals surface area contributed by atoms with E-state index in [0.717, 1.165) is 4.57 Å². The predicted molar refractivity (Wildman–Crippen MR) is 87.9 cm³/mol. The summed E-state index contributed by atoms with van der Waals surface area (Å²) in [5, 5.41) is 12.2. The molecule has 0 radical (unpaired) electrons. The van der Waals surface area contributed by atoms with Crippen LogP contribution in [0.15, 0.2) is 33.9 Å². The van der Waals surface area contributed by atoms with Crippen LogP contribution in [0.3, 0.4) is 0 Å². The fourth-order valence-electron chi connectivity index (χ4n) is 2.53. The van der Waals surface area contributed by atoms with Gasteiger partial charge in [0.15, 0.2) is 11.2 Å². The van der Waals surface area contributed by atoms with Crippen molar-refractivity contribution in [1.82, 2.24) is 18.7 Å². The molecular formula is C15H15N5O4. The van der Waals surface area contributed by atoms with Gasteiger partial charge in [0.2, 0.25) is 5.95 Å². The number of aromatic nitrogens is 4. The second-order valence-electron chi connectivity index (χ2n) is 5.35. The lowest BCUT2D eigenvalue weighted by Gasteiger charge is -2.08. The summed E-state index contributed by atoms with van der Waals surface area (Å²) < 4.78 is 3.76. The average Bonchev–Trinajstić information content (AvgIpc) is 2.88. The number of anilines is 2. The van der Waals surface area contributed by atoms with Crippen molar-refractivity contribution in [1.29, 1.82) is 0 Å². The highest BCUT2D eigenvalue weighted by Gasteiger charge is 2.18. The summed E-state index contributed by atoms with van der Waals surface area (Å²) >= 11 is 0. The largest absolute Gasteiger partial charge is 0.478 e. The highest BCUT2D eigenvalue weighted by Crippen LogP contribution is 2.22. The Labute approximate surface area is 135 Å². The first-order chi connectivity index (χ1) is 11.3. The monoisotopic (exact) mass is 329 g/mol. The number of aromatic carboxylic acids is 1. The van der Waals surface area contributed by atoms with Crippen molar-refractivity contribution in [3.05, 3.63) is 50.7 Å². The second kappa shape index (κ2) is 5.37. The third-order valence-corrected chi connectivity index (χ3v) is 3.88. The quantitative estimate of drug-likeness (QED) is 0.720. The Morgan fingerprint density at radius 2 is 1.75 bits per heavy atom. The topological polar surface area (TPSA) is 111 Å². The number of nitrogens with zero attached hydrogens (tertiary/aromatic N) is 4. The SMILES string of the molecule is Cn1c(=O)c2c(nc(Nc3ccccc3C(=O)O)n2C)n(C)c1=O. The minimum Gasteiger partial charge on any atom is -0.478 e. The zero-order valence-electron chi connectivity index (χ0n) is 13.3. The van der Waals surface area contributed by atoms with Crippen molar-refractivity contribution in [3.8, 4) is 0 Å². The first kappa shape index (κ1) is 15.5. The van der Waals surface area contributed by atoms with Gasteiger partial charge in [-0.1, -0.05) is 12.1 Å². The summed E-state index contributed by atoms with van der Waals surface area (Å²) in [5.74, 6) is -0.822. The Morgan fingerprint density at radius 3 is 2.42 bits per heavy atom. The van der Waals surface area contributed by atoms with Gasteiger partial charge in [-0.05, 0) is 12.1 Å². The number of imidazole rings is 1. The van der Waals surface area contributed by atoms with E-state index in [-0.39, 0.29) is 22.7 Å². The number of aryl methyl sites for hydroxylation is 2. The van der Waals surface area contributed by atoms with Gasteiger partial charge in [-0.3, -0.25) is 13.9 Å². The van der Waals surface area contributed by atoms with E-state index in [2.05, 4.69) is 10.3 Å². The van der Waals surface area contributed by atoms with Gasteiger partial charge in [0.25, 0.3) is 5.56 Å². The molecule has 9 nitrogen and oxygen atoms in total. The molecular weight excluding hydrogens is 314 g/mol. The normalized spacial score (nSPS) is 11.0. The van der Waals surface area contributed by atoms with Gasteiger partial charge >= 0.3 is 11.7 Å². The number of hydrogen-bond acceptors (Lipinski definition) is 5. The zero-order valence-corrected chi connectivity index (χ0v) is 13.3. The van der Waals surface area contributed by atoms with Crippen LogP contribution in [-0.2, 0) is 21.1 Å². The molecule has 0 aliphatic heterocycles. The maximum absolute atomic E-state index is 12.3. The fourth-order valence-corrected chi connectivity index (χ4v) is 2.53. The summed E-state index contributed by atoms with van der Waals surface area (Å²) in [7, 11) is 4.53. The van der Waals surface area contributed by atoms with E-state index >= 15 is 0 Å². The van der Waals surface area contributed by atoms with Gasteiger partial charge < -0.3 is 15.0 Å². The van der Waals surface area contributed by atoms with Crippen LogP contribution >= 0.6 is 0 Å². The van der Waals surface area contributed by atoms with Crippen LogP contribution in [0.4, 0.5) is 11.6 Å². The summed E-state index contributed by atoms with van der Waals surface area (Å²) in [6, 6.07) is 6.36. The maximum Gasteiger partial charge on any atom is 0.337 e. The van der Waals surface area contributed by atoms with Crippen LogP contribution in [0.1, 0.15) is 10.4 Å². The Bertz CT molecular complexity index is 1090. The van der Waals surface area contributed by atoms with E-state index in [4.69, 9.17) is 0 Å². The lowest BCUT2D eigenvalue weighted by atomic mass is 10.2. The Morgan fingerprint density at radius 1 is 1.08 bits per heavy atom. The zero-order chi connectivity index (χ0) is 17.6. The average molecular weight is 329 g/mol. The highest BCUT2D eigenvalue weighted by atomic mass is 16.4. The fraction of sp³-hybridized carbons (Fsp3) is 0.200. The molecule has 2 heterocycles. The standard InChI is InChI=1S/C15H15N5O4/c1-18-10-11(19(2)15(24)20(3)12(10)21)17-14(18)16-9-7-5-4-6-8(9)13(22)23/h4-7H,1-3H3,(H,16,17)(H,22,23). The lowest BCUT2D eigenvalue weighted by molar-refractivity contribution is 0.0698. The Balaban J connectivity index is 2.23. The molecule has 0 atom stereocenters. The summed E-state index contributed by atoms with van der Waals surface area (Å²) in [4.78, 5) is 39.9. The number of nitrogens with one attached hydrogen (secondary N) is 1. The smallest absolute Gasteiger partial charge is 0.337 e. The van der Waals surface area contributed by atoms with E-state index in [1.807, 2.05) is 0 Å². The van der Waals surface area contributed by atoms with E-state index in [9.17, 15) is 19.5 Å².